The van der Waals surface area contributed by atoms with E-state index in [2.05, 4.69) is 22.4 Å². The summed E-state index contributed by atoms with van der Waals surface area (Å²) >= 11 is 3.31. The van der Waals surface area contributed by atoms with E-state index in [4.69, 9.17) is 0 Å². The van der Waals surface area contributed by atoms with Crippen LogP contribution < -0.4 is 5.32 Å². The highest BCUT2D eigenvalue weighted by atomic mass is 32.2. The van der Waals surface area contributed by atoms with Crippen LogP contribution in [-0.2, 0) is 10.3 Å². The Kier molecular flexibility index (Phi) is 4.36. The van der Waals surface area contributed by atoms with Gasteiger partial charge in [-0.3, -0.25) is 9.79 Å². The minimum absolute atomic E-state index is 0.119. The second-order valence-corrected chi connectivity index (χ2v) is 7.44. The van der Waals surface area contributed by atoms with Gasteiger partial charge in [0.2, 0.25) is 5.91 Å². The fraction of sp³-hybridized carbons (Fsp3) is 0.467. The average molecular weight is 306 g/mol. The van der Waals surface area contributed by atoms with Crippen molar-refractivity contribution in [2.24, 2.45) is 4.99 Å². The molecule has 0 atom stereocenters. The van der Waals surface area contributed by atoms with E-state index < -0.39 is 0 Å². The van der Waals surface area contributed by atoms with E-state index >= 15 is 0 Å². The van der Waals surface area contributed by atoms with Crippen molar-refractivity contribution in [3.8, 4) is 0 Å². The predicted molar refractivity (Wildman–Crippen MR) is 87.3 cm³/mol. The van der Waals surface area contributed by atoms with Gasteiger partial charge in [0, 0.05) is 5.75 Å². The van der Waals surface area contributed by atoms with Crippen LogP contribution >= 0.6 is 23.5 Å². The van der Waals surface area contributed by atoms with Gasteiger partial charge in [0.05, 0.1) is 17.8 Å². The number of thioether (sulfide) groups is 2. The van der Waals surface area contributed by atoms with Crippen molar-refractivity contribution in [1.82, 2.24) is 5.32 Å². The van der Waals surface area contributed by atoms with Gasteiger partial charge in [0.15, 0.2) is 0 Å². The van der Waals surface area contributed by atoms with Crippen molar-refractivity contribution in [3.05, 3.63) is 35.9 Å². The van der Waals surface area contributed by atoms with E-state index in [9.17, 15) is 4.79 Å². The normalized spacial score (nSPS) is 20.1. The Labute approximate surface area is 128 Å². The van der Waals surface area contributed by atoms with Crippen LogP contribution in [0.3, 0.4) is 0 Å². The molecule has 1 amide bonds. The summed E-state index contributed by atoms with van der Waals surface area (Å²) in [6, 6.07) is 10.3. The summed E-state index contributed by atoms with van der Waals surface area (Å²) in [6.45, 7) is 0.891. The average Bonchev–Trinajstić information content (AvgIpc) is 2.95. The molecule has 1 heterocycles. The lowest BCUT2D eigenvalue weighted by Crippen LogP contribution is -2.51. The molecule has 5 heteroatoms. The first kappa shape index (κ1) is 14.0. The second-order valence-electron chi connectivity index (χ2n) is 5.13. The van der Waals surface area contributed by atoms with Crippen LogP contribution in [0.2, 0.25) is 0 Å². The summed E-state index contributed by atoms with van der Waals surface area (Å²) < 4.78 is 1.06. The Morgan fingerprint density at radius 3 is 2.75 bits per heavy atom. The highest BCUT2D eigenvalue weighted by Crippen LogP contribution is 2.41. The van der Waals surface area contributed by atoms with Crippen LogP contribution in [0.15, 0.2) is 35.3 Å². The maximum atomic E-state index is 12.2. The number of nitrogens with one attached hydrogen (secondary N) is 1. The summed E-state index contributed by atoms with van der Waals surface area (Å²) in [6.07, 6.45) is 3.27. The number of aliphatic imine (C=N–C) groups is 1. The van der Waals surface area contributed by atoms with Gasteiger partial charge in [-0.1, -0.05) is 53.9 Å². The standard InChI is InChI=1S/C15H18N2OS2/c18-13(11-20-14-16-9-10-19-14)17-15(7-4-8-15)12-5-2-1-3-6-12/h1-3,5-6H,4,7-11H2,(H,17,18). The first-order chi connectivity index (χ1) is 9.78. The van der Waals surface area contributed by atoms with Gasteiger partial charge in [-0.15, -0.1) is 0 Å². The molecule has 1 saturated carbocycles. The lowest BCUT2D eigenvalue weighted by atomic mass is 9.72. The predicted octanol–water partition coefficient (Wildman–Crippen LogP) is 3.02. The van der Waals surface area contributed by atoms with E-state index in [0.717, 1.165) is 29.5 Å². The fourth-order valence-corrected chi connectivity index (χ4v) is 4.42. The first-order valence-corrected chi connectivity index (χ1v) is 8.92. The number of amides is 1. The number of rotatable bonds is 4. The molecule has 1 aliphatic carbocycles. The van der Waals surface area contributed by atoms with Gasteiger partial charge in [-0.25, -0.2) is 0 Å². The summed E-state index contributed by atoms with van der Waals surface area (Å²) in [5, 5.41) is 3.25. The number of hydrogen-bond donors (Lipinski definition) is 1. The first-order valence-electron chi connectivity index (χ1n) is 6.95. The molecule has 1 N–H and O–H groups in total. The summed E-state index contributed by atoms with van der Waals surface area (Å²) in [4.78, 5) is 16.5. The monoisotopic (exact) mass is 306 g/mol. The van der Waals surface area contributed by atoms with Crippen LogP contribution in [-0.4, -0.2) is 28.3 Å². The molecule has 0 spiro atoms. The van der Waals surface area contributed by atoms with Gasteiger partial charge < -0.3 is 5.32 Å². The van der Waals surface area contributed by atoms with Crippen molar-refractivity contribution in [3.63, 3.8) is 0 Å². The van der Waals surface area contributed by atoms with Gasteiger partial charge in [-0.05, 0) is 24.8 Å². The molecule has 1 aromatic carbocycles. The van der Waals surface area contributed by atoms with Crippen molar-refractivity contribution >= 4 is 33.8 Å². The molecule has 106 valence electrons. The zero-order valence-corrected chi connectivity index (χ0v) is 12.9. The third-order valence-electron chi connectivity index (χ3n) is 3.80. The zero-order chi connectivity index (χ0) is 13.8. The van der Waals surface area contributed by atoms with Crippen LogP contribution in [0.4, 0.5) is 0 Å². The molecular formula is C15H18N2OS2. The smallest absolute Gasteiger partial charge is 0.231 e. The van der Waals surface area contributed by atoms with Crippen molar-refractivity contribution < 1.29 is 4.79 Å². The third kappa shape index (κ3) is 3.04. The Balaban J connectivity index is 1.59. The molecule has 2 aliphatic rings. The molecule has 0 saturated heterocycles. The number of benzene rings is 1. The largest absolute Gasteiger partial charge is 0.346 e. The lowest BCUT2D eigenvalue weighted by molar-refractivity contribution is -0.121. The zero-order valence-electron chi connectivity index (χ0n) is 11.3. The molecule has 0 unspecified atom stereocenters. The van der Waals surface area contributed by atoms with E-state index in [0.29, 0.717) is 5.75 Å². The lowest BCUT2D eigenvalue weighted by Gasteiger charge is -2.43. The maximum absolute atomic E-state index is 12.2. The Morgan fingerprint density at radius 1 is 1.35 bits per heavy atom. The van der Waals surface area contributed by atoms with Gasteiger partial charge in [0.25, 0.3) is 0 Å². The molecule has 0 aromatic heterocycles. The van der Waals surface area contributed by atoms with E-state index in [1.165, 1.54) is 12.0 Å². The molecule has 1 aromatic rings. The molecule has 1 fully saturated rings. The fourth-order valence-electron chi connectivity index (χ4n) is 2.61. The van der Waals surface area contributed by atoms with Crippen LogP contribution in [0.5, 0.6) is 0 Å². The molecule has 3 nitrogen and oxygen atoms in total. The molecular weight excluding hydrogens is 288 g/mol. The minimum Gasteiger partial charge on any atom is -0.346 e. The SMILES string of the molecule is O=C(CSC1=NCCS1)NC1(c2ccccc2)CCC1. The van der Waals surface area contributed by atoms with E-state index in [-0.39, 0.29) is 11.4 Å². The minimum atomic E-state index is -0.121. The van der Waals surface area contributed by atoms with Crippen LogP contribution in [0.25, 0.3) is 0 Å². The molecule has 3 rings (SSSR count). The second kappa shape index (κ2) is 6.22. The summed E-state index contributed by atoms with van der Waals surface area (Å²) in [5.41, 5.74) is 1.11. The van der Waals surface area contributed by atoms with Crippen LogP contribution in [0.1, 0.15) is 24.8 Å². The van der Waals surface area contributed by atoms with Crippen molar-refractivity contribution in [2.45, 2.75) is 24.8 Å². The molecule has 0 radical (unpaired) electrons. The number of carbonyl (C=O) groups is 1. The van der Waals surface area contributed by atoms with E-state index in [1.54, 1.807) is 23.5 Å². The Morgan fingerprint density at radius 2 is 2.15 bits per heavy atom. The maximum Gasteiger partial charge on any atom is 0.231 e. The molecule has 1 aliphatic heterocycles. The Bertz CT molecular complexity index is 512. The highest BCUT2D eigenvalue weighted by Gasteiger charge is 2.39. The topological polar surface area (TPSA) is 41.5 Å². The molecule has 20 heavy (non-hydrogen) atoms. The third-order valence-corrected chi connectivity index (χ3v) is 6.05. The highest BCUT2D eigenvalue weighted by molar-refractivity contribution is 8.39. The number of nitrogens with zero attached hydrogens (tertiary/aromatic N) is 1. The van der Waals surface area contributed by atoms with Crippen molar-refractivity contribution in [2.75, 3.05) is 18.1 Å². The summed E-state index contributed by atoms with van der Waals surface area (Å²) in [7, 11) is 0. The van der Waals surface area contributed by atoms with Crippen molar-refractivity contribution in [1.29, 1.82) is 0 Å². The Hall–Kier alpha value is -0.940. The van der Waals surface area contributed by atoms with Gasteiger partial charge in [0.1, 0.15) is 4.38 Å². The van der Waals surface area contributed by atoms with E-state index in [1.807, 2.05) is 18.2 Å². The van der Waals surface area contributed by atoms with Gasteiger partial charge >= 0.3 is 0 Å². The quantitative estimate of drug-likeness (QED) is 0.929. The summed E-state index contributed by atoms with van der Waals surface area (Å²) in [5.74, 6) is 1.65. The number of carbonyl (C=O) groups excluding carboxylic acids is 1. The van der Waals surface area contributed by atoms with Gasteiger partial charge in [-0.2, -0.15) is 0 Å². The van der Waals surface area contributed by atoms with Crippen LogP contribution in [0, 0.1) is 0 Å². The molecule has 0 bridgehead atoms. The number of hydrogen-bond acceptors (Lipinski definition) is 4.